The monoisotopic (exact) mass is 479 g/mol. The summed E-state index contributed by atoms with van der Waals surface area (Å²) < 4.78 is 1.70. The molecule has 11 heteroatoms. The number of hydrogen-bond donors (Lipinski definition) is 4. The summed E-state index contributed by atoms with van der Waals surface area (Å²) in [4.78, 5) is 51.5. The van der Waals surface area contributed by atoms with Gasteiger partial charge in [-0.15, -0.1) is 0 Å². The summed E-state index contributed by atoms with van der Waals surface area (Å²) in [6, 6.07) is 1.32. The lowest BCUT2D eigenvalue weighted by atomic mass is 10.1. The van der Waals surface area contributed by atoms with Gasteiger partial charge < -0.3 is 30.2 Å². The maximum Gasteiger partial charge on any atom is 0.274 e. The van der Waals surface area contributed by atoms with Gasteiger partial charge in [0.15, 0.2) is 17.1 Å². The van der Waals surface area contributed by atoms with E-state index in [1.54, 1.807) is 21.9 Å². The molecule has 4 N–H and O–H groups in total. The fourth-order valence-corrected chi connectivity index (χ4v) is 4.47. The molecule has 3 aromatic rings. The zero-order chi connectivity index (χ0) is 24.7. The number of carbonyl (C=O) groups excluding carboxylic acids is 2. The highest BCUT2D eigenvalue weighted by molar-refractivity contribution is 6.04. The van der Waals surface area contributed by atoms with Crippen LogP contribution in [0.2, 0.25) is 0 Å². The molecule has 0 atom stereocenters. The Morgan fingerprint density at radius 1 is 1.26 bits per heavy atom. The van der Waals surface area contributed by atoms with Crippen LogP contribution in [0.1, 0.15) is 64.8 Å². The standard InChI is InChI=1S/C24H29N7O4/c1-13(2)30-7-8-31-15(9-18(32)21(33)20(31)24(30)35)10-25-5-6-26-23(34)16-11-27-22-19(16)29-17(12-28-22)14-3-4-14/h9,11-14,25,33H,3-8,10H2,1-2H3,(H,26,34)(H,27,28). The molecule has 0 unspecified atom stereocenters. The van der Waals surface area contributed by atoms with Gasteiger partial charge in [0, 0.05) is 62.6 Å². The molecule has 35 heavy (non-hydrogen) atoms. The van der Waals surface area contributed by atoms with Crippen molar-refractivity contribution in [2.24, 2.45) is 0 Å². The highest BCUT2D eigenvalue weighted by atomic mass is 16.3. The molecule has 0 saturated heterocycles. The van der Waals surface area contributed by atoms with Gasteiger partial charge in [0.05, 0.1) is 17.5 Å². The van der Waals surface area contributed by atoms with E-state index >= 15 is 0 Å². The van der Waals surface area contributed by atoms with Crippen molar-refractivity contribution >= 4 is 23.0 Å². The number of pyridine rings is 1. The number of carbonyl (C=O) groups is 2. The second-order valence-corrected chi connectivity index (χ2v) is 9.34. The van der Waals surface area contributed by atoms with Crippen molar-refractivity contribution < 1.29 is 14.7 Å². The summed E-state index contributed by atoms with van der Waals surface area (Å²) in [5, 5.41) is 16.3. The van der Waals surface area contributed by atoms with Gasteiger partial charge in [-0.2, -0.15) is 0 Å². The first-order valence-corrected chi connectivity index (χ1v) is 11.9. The van der Waals surface area contributed by atoms with Crippen molar-refractivity contribution in [3.8, 4) is 5.75 Å². The molecule has 0 radical (unpaired) electrons. The third kappa shape index (κ3) is 4.39. The predicted octanol–water partition coefficient (Wildman–Crippen LogP) is 1.09. The van der Waals surface area contributed by atoms with Gasteiger partial charge in [-0.05, 0) is 26.7 Å². The predicted molar refractivity (Wildman–Crippen MR) is 128 cm³/mol. The van der Waals surface area contributed by atoms with E-state index in [1.165, 1.54) is 6.07 Å². The SMILES string of the molecule is CC(C)N1CCn2c(CNCCNC(=O)c3c[nH]c4ncc(C5CC5)nc34)cc(=O)c(O)c2C1=O. The van der Waals surface area contributed by atoms with Gasteiger partial charge in [-0.3, -0.25) is 14.4 Å². The summed E-state index contributed by atoms with van der Waals surface area (Å²) >= 11 is 0. The fourth-order valence-electron chi connectivity index (χ4n) is 4.47. The summed E-state index contributed by atoms with van der Waals surface area (Å²) in [7, 11) is 0. The van der Waals surface area contributed by atoms with Gasteiger partial charge in [0.1, 0.15) is 5.52 Å². The topological polar surface area (TPSA) is 145 Å². The van der Waals surface area contributed by atoms with E-state index in [0.29, 0.717) is 61.1 Å². The molecular formula is C24H29N7O4. The van der Waals surface area contributed by atoms with E-state index in [2.05, 4.69) is 25.6 Å². The lowest BCUT2D eigenvalue weighted by Crippen LogP contribution is -2.46. The minimum Gasteiger partial charge on any atom is -0.503 e. The maximum atomic E-state index is 12.8. The van der Waals surface area contributed by atoms with Crippen LogP contribution in [0.5, 0.6) is 5.75 Å². The normalized spacial score (nSPS) is 15.6. The van der Waals surface area contributed by atoms with Crippen LogP contribution in [0, 0.1) is 0 Å². The van der Waals surface area contributed by atoms with E-state index < -0.39 is 11.2 Å². The van der Waals surface area contributed by atoms with Crippen molar-refractivity contribution in [3.05, 3.63) is 51.3 Å². The molecule has 0 bridgehead atoms. The van der Waals surface area contributed by atoms with Gasteiger partial charge >= 0.3 is 0 Å². The zero-order valence-corrected chi connectivity index (χ0v) is 19.8. The lowest BCUT2D eigenvalue weighted by Gasteiger charge is -2.34. The highest BCUT2D eigenvalue weighted by Gasteiger charge is 2.31. The Hall–Kier alpha value is -3.73. The largest absolute Gasteiger partial charge is 0.503 e. The Balaban J connectivity index is 1.20. The van der Waals surface area contributed by atoms with Gasteiger partial charge in [-0.1, -0.05) is 0 Å². The van der Waals surface area contributed by atoms with Crippen molar-refractivity contribution in [2.45, 2.75) is 51.7 Å². The van der Waals surface area contributed by atoms with Gasteiger partial charge in [0.25, 0.3) is 11.8 Å². The number of amides is 2. The lowest BCUT2D eigenvalue weighted by molar-refractivity contribution is 0.0639. The number of aromatic amines is 1. The Morgan fingerprint density at radius 2 is 2.06 bits per heavy atom. The molecular weight excluding hydrogens is 450 g/mol. The molecule has 5 rings (SSSR count). The van der Waals surface area contributed by atoms with Crippen LogP contribution in [0.25, 0.3) is 11.2 Å². The molecule has 1 aliphatic carbocycles. The van der Waals surface area contributed by atoms with Crippen LogP contribution < -0.4 is 16.1 Å². The number of rotatable bonds is 8. The molecule has 184 valence electrons. The van der Waals surface area contributed by atoms with E-state index in [1.807, 2.05) is 13.8 Å². The van der Waals surface area contributed by atoms with E-state index in [0.717, 1.165) is 18.5 Å². The number of aromatic nitrogens is 4. The van der Waals surface area contributed by atoms with Crippen LogP contribution >= 0.6 is 0 Å². The minimum absolute atomic E-state index is 0.0282. The van der Waals surface area contributed by atoms with E-state index in [4.69, 9.17) is 0 Å². The van der Waals surface area contributed by atoms with Crippen molar-refractivity contribution in [2.75, 3.05) is 19.6 Å². The van der Waals surface area contributed by atoms with Gasteiger partial charge in [0.2, 0.25) is 5.43 Å². The third-order valence-electron chi connectivity index (χ3n) is 6.56. The molecule has 0 spiro atoms. The second kappa shape index (κ2) is 9.14. The third-order valence-corrected chi connectivity index (χ3v) is 6.56. The average molecular weight is 480 g/mol. The number of H-pyrrole nitrogens is 1. The van der Waals surface area contributed by atoms with Crippen LogP contribution in [0.3, 0.4) is 0 Å². The minimum atomic E-state index is -0.577. The fraction of sp³-hybridized carbons (Fsp3) is 0.458. The number of aromatic hydroxyl groups is 1. The molecule has 3 aromatic heterocycles. The Morgan fingerprint density at radius 3 is 2.80 bits per heavy atom. The number of hydrogen-bond acceptors (Lipinski definition) is 7. The first kappa shape index (κ1) is 23.0. The molecule has 11 nitrogen and oxygen atoms in total. The maximum absolute atomic E-state index is 12.8. The van der Waals surface area contributed by atoms with Crippen LogP contribution in [0.15, 0.2) is 23.3 Å². The first-order valence-electron chi connectivity index (χ1n) is 11.9. The first-order chi connectivity index (χ1) is 16.8. The summed E-state index contributed by atoms with van der Waals surface area (Å²) in [6.07, 6.45) is 5.61. The number of nitrogens with zero attached hydrogens (tertiary/aromatic N) is 4. The molecule has 4 heterocycles. The van der Waals surface area contributed by atoms with Crippen LogP contribution in [0.4, 0.5) is 0 Å². The smallest absolute Gasteiger partial charge is 0.274 e. The average Bonchev–Trinajstić information content (AvgIpc) is 3.60. The molecule has 2 aliphatic rings. The summed E-state index contributed by atoms with van der Waals surface area (Å²) in [5.41, 5.74) is 2.63. The Labute approximate surface area is 201 Å². The number of fused-ring (bicyclic) bond motifs is 2. The summed E-state index contributed by atoms with van der Waals surface area (Å²) in [5.74, 6) is -0.647. The molecule has 2 amide bonds. The summed E-state index contributed by atoms with van der Waals surface area (Å²) in [6.45, 7) is 5.92. The quantitative estimate of drug-likeness (QED) is 0.354. The van der Waals surface area contributed by atoms with Crippen molar-refractivity contribution in [1.82, 2.24) is 35.1 Å². The molecule has 0 aromatic carbocycles. The molecule has 1 saturated carbocycles. The van der Waals surface area contributed by atoms with Crippen LogP contribution in [-0.2, 0) is 13.1 Å². The van der Waals surface area contributed by atoms with Crippen LogP contribution in [-0.4, -0.2) is 67.0 Å². The molecule has 1 fully saturated rings. The van der Waals surface area contributed by atoms with Crippen molar-refractivity contribution in [1.29, 1.82) is 0 Å². The second-order valence-electron chi connectivity index (χ2n) is 9.34. The van der Waals surface area contributed by atoms with E-state index in [-0.39, 0.29) is 23.6 Å². The molecule has 1 aliphatic heterocycles. The van der Waals surface area contributed by atoms with Gasteiger partial charge in [-0.25, -0.2) is 9.97 Å². The Kier molecular flexibility index (Phi) is 6.01. The van der Waals surface area contributed by atoms with Crippen molar-refractivity contribution in [3.63, 3.8) is 0 Å². The van der Waals surface area contributed by atoms with E-state index in [9.17, 15) is 19.5 Å². The highest BCUT2D eigenvalue weighted by Crippen LogP contribution is 2.39. The zero-order valence-electron chi connectivity index (χ0n) is 19.8. The number of nitrogens with one attached hydrogen (secondary N) is 3. The Bertz CT molecular complexity index is 1360.